The molecule has 0 bridgehead atoms. The van der Waals surface area contributed by atoms with Crippen LogP contribution in [0.15, 0.2) is 53.1 Å². The van der Waals surface area contributed by atoms with Gasteiger partial charge in [0.25, 0.3) is 5.89 Å². The van der Waals surface area contributed by atoms with Crippen LogP contribution in [-0.2, 0) is 9.53 Å². The van der Waals surface area contributed by atoms with Crippen molar-refractivity contribution in [2.24, 2.45) is 0 Å². The van der Waals surface area contributed by atoms with Gasteiger partial charge < -0.3 is 19.3 Å². The number of hydrogen-bond donors (Lipinski definition) is 1. The van der Waals surface area contributed by atoms with Gasteiger partial charge in [-0.05, 0) is 36.4 Å². The molecule has 7 nitrogen and oxygen atoms in total. The number of nitrogens with zero attached hydrogens (tertiary/aromatic N) is 2. The van der Waals surface area contributed by atoms with Crippen LogP contribution in [0.3, 0.4) is 0 Å². The van der Waals surface area contributed by atoms with Gasteiger partial charge in [0, 0.05) is 18.4 Å². The van der Waals surface area contributed by atoms with Gasteiger partial charge in [0.1, 0.15) is 12.4 Å². The molecule has 3 rings (SSSR count). The number of methoxy groups -OCH3 is 2. The van der Waals surface area contributed by atoms with Crippen molar-refractivity contribution in [3.63, 3.8) is 0 Å². The van der Waals surface area contributed by atoms with Crippen LogP contribution >= 0.6 is 0 Å². The van der Waals surface area contributed by atoms with E-state index in [-0.39, 0.29) is 12.5 Å². The summed E-state index contributed by atoms with van der Waals surface area (Å²) in [5.41, 5.74) is 2.16. The van der Waals surface area contributed by atoms with E-state index in [2.05, 4.69) is 15.5 Å². The molecule has 1 N–H and O–H groups in total. The average Bonchev–Trinajstić information content (AvgIpc) is 3.12. The Bertz CT molecular complexity index is 859. The first-order valence-electron chi connectivity index (χ1n) is 7.57. The molecule has 0 unspecified atom stereocenters. The van der Waals surface area contributed by atoms with Crippen LogP contribution in [0.25, 0.3) is 22.8 Å². The minimum absolute atomic E-state index is 0.00762. The Morgan fingerprint density at radius 2 is 1.88 bits per heavy atom. The number of para-hydroxylation sites is 1. The number of anilines is 1. The zero-order valence-corrected chi connectivity index (χ0v) is 13.9. The number of benzene rings is 2. The summed E-state index contributed by atoms with van der Waals surface area (Å²) in [4.78, 5) is 15.9. The lowest BCUT2D eigenvalue weighted by Gasteiger charge is -2.04. The van der Waals surface area contributed by atoms with E-state index in [1.54, 1.807) is 31.4 Å². The summed E-state index contributed by atoms with van der Waals surface area (Å²) in [6.45, 7) is 0.00762. The van der Waals surface area contributed by atoms with E-state index >= 15 is 0 Å². The third-order valence-corrected chi connectivity index (χ3v) is 3.46. The predicted molar refractivity (Wildman–Crippen MR) is 92.2 cm³/mol. The zero-order valence-electron chi connectivity index (χ0n) is 13.9. The van der Waals surface area contributed by atoms with E-state index in [4.69, 9.17) is 14.0 Å². The highest BCUT2D eigenvalue weighted by Gasteiger charge is 2.14. The predicted octanol–water partition coefficient (Wildman–Crippen LogP) is 3.00. The number of amides is 1. The van der Waals surface area contributed by atoms with E-state index in [9.17, 15) is 4.79 Å². The first-order chi connectivity index (χ1) is 12.2. The summed E-state index contributed by atoms with van der Waals surface area (Å²) >= 11 is 0. The molecule has 0 fully saturated rings. The number of carbonyl (C=O) groups is 1. The summed E-state index contributed by atoms with van der Waals surface area (Å²) in [7, 11) is 3.06. The molecule has 0 spiro atoms. The van der Waals surface area contributed by atoms with Gasteiger partial charge in [-0.1, -0.05) is 17.3 Å². The zero-order chi connectivity index (χ0) is 17.6. The van der Waals surface area contributed by atoms with Gasteiger partial charge in [-0.2, -0.15) is 4.98 Å². The fraction of sp³-hybridized carbons (Fsp3) is 0.167. The van der Waals surface area contributed by atoms with E-state index in [0.29, 0.717) is 23.2 Å². The third-order valence-electron chi connectivity index (χ3n) is 3.46. The maximum atomic E-state index is 11.5. The number of rotatable bonds is 6. The van der Waals surface area contributed by atoms with Crippen molar-refractivity contribution in [1.29, 1.82) is 0 Å². The highest BCUT2D eigenvalue weighted by molar-refractivity contribution is 5.91. The van der Waals surface area contributed by atoms with E-state index in [1.807, 2.05) is 24.3 Å². The fourth-order valence-electron chi connectivity index (χ4n) is 2.30. The van der Waals surface area contributed by atoms with Gasteiger partial charge in [0.05, 0.1) is 12.7 Å². The summed E-state index contributed by atoms with van der Waals surface area (Å²) in [5, 5.41) is 6.73. The lowest BCUT2D eigenvalue weighted by molar-refractivity contribution is -0.119. The van der Waals surface area contributed by atoms with Crippen LogP contribution < -0.4 is 10.1 Å². The monoisotopic (exact) mass is 339 g/mol. The van der Waals surface area contributed by atoms with Crippen LogP contribution in [-0.4, -0.2) is 36.9 Å². The van der Waals surface area contributed by atoms with Crippen molar-refractivity contribution in [3.05, 3.63) is 48.5 Å². The molecule has 1 heterocycles. The highest BCUT2D eigenvalue weighted by atomic mass is 16.5. The topological polar surface area (TPSA) is 86.5 Å². The Balaban J connectivity index is 1.79. The summed E-state index contributed by atoms with van der Waals surface area (Å²) in [5.74, 6) is 1.29. The largest absolute Gasteiger partial charge is 0.496 e. The summed E-state index contributed by atoms with van der Waals surface area (Å²) in [6, 6.07) is 14.6. The Hall–Kier alpha value is -3.19. The molecule has 0 aliphatic rings. The maximum absolute atomic E-state index is 11.5. The highest BCUT2D eigenvalue weighted by Crippen LogP contribution is 2.29. The Labute approximate surface area is 144 Å². The summed E-state index contributed by atoms with van der Waals surface area (Å²) in [6.07, 6.45) is 0. The van der Waals surface area contributed by atoms with Gasteiger partial charge >= 0.3 is 0 Å². The second kappa shape index (κ2) is 7.59. The number of ether oxygens (including phenoxy) is 2. The van der Waals surface area contributed by atoms with Crippen molar-refractivity contribution in [1.82, 2.24) is 10.1 Å². The van der Waals surface area contributed by atoms with Gasteiger partial charge in [-0.25, -0.2) is 0 Å². The van der Waals surface area contributed by atoms with Gasteiger partial charge in [0.15, 0.2) is 0 Å². The number of aromatic nitrogens is 2. The van der Waals surface area contributed by atoms with Crippen molar-refractivity contribution >= 4 is 11.6 Å². The smallest absolute Gasteiger partial charge is 0.258 e. The SMILES string of the molecule is COCC(=O)Nc1ccc(-c2nc(-c3ccccc3OC)no2)cc1. The van der Waals surface area contributed by atoms with Crippen LogP contribution in [0, 0.1) is 0 Å². The summed E-state index contributed by atoms with van der Waals surface area (Å²) < 4.78 is 15.4. The average molecular weight is 339 g/mol. The number of nitrogens with one attached hydrogen (secondary N) is 1. The molecule has 0 radical (unpaired) electrons. The van der Waals surface area contributed by atoms with E-state index in [1.165, 1.54) is 7.11 Å². The molecule has 2 aromatic carbocycles. The fourth-order valence-corrected chi connectivity index (χ4v) is 2.30. The Morgan fingerprint density at radius 3 is 2.60 bits per heavy atom. The molecule has 0 saturated carbocycles. The van der Waals surface area contributed by atoms with Crippen molar-refractivity contribution in [2.75, 3.05) is 26.1 Å². The molecule has 1 amide bonds. The van der Waals surface area contributed by atoms with Crippen molar-refractivity contribution in [2.45, 2.75) is 0 Å². The lowest BCUT2D eigenvalue weighted by Crippen LogP contribution is -2.16. The third kappa shape index (κ3) is 3.84. The lowest BCUT2D eigenvalue weighted by atomic mass is 10.2. The van der Waals surface area contributed by atoms with Gasteiger partial charge in [-0.3, -0.25) is 4.79 Å². The molecule has 7 heteroatoms. The Kier molecular flexibility index (Phi) is 5.06. The number of hydrogen-bond acceptors (Lipinski definition) is 6. The van der Waals surface area contributed by atoms with E-state index < -0.39 is 0 Å². The molecule has 0 aliphatic carbocycles. The Morgan fingerprint density at radius 1 is 1.12 bits per heavy atom. The van der Waals surface area contributed by atoms with Crippen LogP contribution in [0.4, 0.5) is 5.69 Å². The molecule has 1 aromatic heterocycles. The molecule has 0 saturated heterocycles. The normalized spacial score (nSPS) is 10.5. The number of carbonyl (C=O) groups excluding carboxylic acids is 1. The van der Waals surface area contributed by atoms with E-state index in [0.717, 1.165) is 11.1 Å². The molecule has 128 valence electrons. The van der Waals surface area contributed by atoms with Gasteiger partial charge in [-0.15, -0.1) is 0 Å². The molecule has 3 aromatic rings. The molecule has 0 aliphatic heterocycles. The first-order valence-corrected chi connectivity index (χ1v) is 7.57. The molecular weight excluding hydrogens is 322 g/mol. The maximum Gasteiger partial charge on any atom is 0.258 e. The standard InChI is InChI=1S/C18H17N3O4/c1-23-11-16(22)19-13-9-7-12(8-10-13)18-20-17(21-25-18)14-5-3-4-6-15(14)24-2/h3-10H,11H2,1-2H3,(H,19,22). The van der Waals surface area contributed by atoms with Crippen molar-refractivity contribution < 1.29 is 18.8 Å². The van der Waals surface area contributed by atoms with Crippen LogP contribution in [0.2, 0.25) is 0 Å². The minimum Gasteiger partial charge on any atom is -0.496 e. The van der Waals surface area contributed by atoms with Crippen LogP contribution in [0.5, 0.6) is 5.75 Å². The second-order valence-corrected chi connectivity index (χ2v) is 5.18. The van der Waals surface area contributed by atoms with Crippen LogP contribution in [0.1, 0.15) is 0 Å². The van der Waals surface area contributed by atoms with Crippen molar-refractivity contribution in [3.8, 4) is 28.6 Å². The molecule has 0 atom stereocenters. The quantitative estimate of drug-likeness (QED) is 0.743. The molecule has 25 heavy (non-hydrogen) atoms. The second-order valence-electron chi connectivity index (χ2n) is 5.18. The minimum atomic E-state index is -0.216. The molecular formula is C18H17N3O4. The first kappa shape index (κ1) is 16.7. The van der Waals surface area contributed by atoms with Gasteiger partial charge in [0.2, 0.25) is 11.7 Å².